The third-order valence-corrected chi connectivity index (χ3v) is 4.39. The van der Waals surface area contributed by atoms with Gasteiger partial charge in [0.25, 0.3) is 0 Å². The first-order valence-corrected chi connectivity index (χ1v) is 8.69. The number of phenolic OH excluding ortho intramolecular Hbond substituents is 1. The van der Waals surface area contributed by atoms with Crippen LogP contribution in [0.1, 0.15) is 49.8 Å². The van der Waals surface area contributed by atoms with Gasteiger partial charge in [-0.2, -0.15) is 0 Å². The van der Waals surface area contributed by atoms with Crippen molar-refractivity contribution in [1.29, 1.82) is 0 Å². The van der Waals surface area contributed by atoms with Crippen molar-refractivity contribution in [3.63, 3.8) is 0 Å². The molecular weight excluding hydrogens is 310 g/mol. The van der Waals surface area contributed by atoms with Crippen LogP contribution >= 0.6 is 0 Å². The molecule has 1 N–H and O–H groups in total. The Bertz CT molecular complexity index is 938. The van der Waals surface area contributed by atoms with Gasteiger partial charge in [0.2, 0.25) is 0 Å². The van der Waals surface area contributed by atoms with Gasteiger partial charge < -0.3 is 5.11 Å². The Balaban J connectivity index is 2.12. The van der Waals surface area contributed by atoms with Gasteiger partial charge in [0.05, 0.1) is 0 Å². The summed E-state index contributed by atoms with van der Waals surface area (Å²) in [5.41, 5.74) is 6.67. The van der Waals surface area contributed by atoms with E-state index in [9.17, 15) is 5.11 Å². The molecule has 0 spiro atoms. The highest BCUT2D eigenvalue weighted by Crippen LogP contribution is 2.33. The number of aromatic nitrogens is 3. The number of hydrogen-bond donors (Lipinski definition) is 1. The van der Waals surface area contributed by atoms with Gasteiger partial charge in [0.1, 0.15) is 22.5 Å². The summed E-state index contributed by atoms with van der Waals surface area (Å²) >= 11 is 0. The van der Waals surface area contributed by atoms with Gasteiger partial charge in [-0.15, -0.1) is 21.6 Å². The molecule has 0 saturated carbocycles. The predicted octanol–water partition coefficient (Wildman–Crippen LogP) is 5.07. The van der Waals surface area contributed by atoms with Gasteiger partial charge in [0, 0.05) is 0 Å². The maximum absolute atomic E-state index is 10.8. The van der Waals surface area contributed by atoms with Gasteiger partial charge in [-0.05, 0) is 67.5 Å². The van der Waals surface area contributed by atoms with E-state index in [1.54, 1.807) is 4.80 Å². The zero-order valence-electron chi connectivity index (χ0n) is 15.4. The van der Waals surface area contributed by atoms with Crippen molar-refractivity contribution < 1.29 is 5.11 Å². The van der Waals surface area contributed by atoms with E-state index >= 15 is 0 Å². The molecular formula is C21H25N3O. The molecule has 25 heavy (non-hydrogen) atoms. The predicted molar refractivity (Wildman–Crippen MR) is 102 cm³/mol. The summed E-state index contributed by atoms with van der Waals surface area (Å²) in [4.78, 5) is 1.55. The van der Waals surface area contributed by atoms with Gasteiger partial charge in [0.15, 0.2) is 0 Å². The second kappa shape index (κ2) is 6.71. The van der Waals surface area contributed by atoms with Gasteiger partial charge in [-0.1, -0.05) is 31.6 Å². The van der Waals surface area contributed by atoms with E-state index in [1.165, 1.54) is 0 Å². The van der Waals surface area contributed by atoms with Crippen LogP contribution in [0.2, 0.25) is 0 Å². The Morgan fingerprint density at radius 1 is 1.16 bits per heavy atom. The first-order valence-electron chi connectivity index (χ1n) is 8.69. The third kappa shape index (κ3) is 3.58. The van der Waals surface area contributed by atoms with Gasteiger partial charge in [-0.25, -0.2) is 0 Å². The summed E-state index contributed by atoms with van der Waals surface area (Å²) in [6, 6.07) is 10.0. The molecule has 0 amide bonds. The molecule has 0 radical (unpaired) electrons. The molecule has 0 bridgehead atoms. The molecule has 3 aromatic rings. The minimum absolute atomic E-state index is 0.218. The van der Waals surface area contributed by atoms with Crippen molar-refractivity contribution in [3.8, 4) is 11.4 Å². The first kappa shape index (κ1) is 17.2. The summed E-state index contributed by atoms with van der Waals surface area (Å²) in [7, 11) is 0. The second-order valence-corrected chi connectivity index (χ2v) is 7.15. The zero-order valence-corrected chi connectivity index (χ0v) is 15.4. The summed E-state index contributed by atoms with van der Waals surface area (Å²) in [5, 5.41) is 19.9. The highest BCUT2D eigenvalue weighted by Gasteiger charge is 2.16. The summed E-state index contributed by atoms with van der Waals surface area (Å²) in [6.45, 7) is 12.2. The third-order valence-electron chi connectivity index (χ3n) is 4.39. The molecule has 0 atom stereocenters. The lowest BCUT2D eigenvalue weighted by Crippen LogP contribution is -2.04. The highest BCUT2D eigenvalue weighted by atomic mass is 16.3. The van der Waals surface area contributed by atoms with E-state index in [1.807, 2.05) is 38.1 Å². The van der Waals surface area contributed by atoms with Crippen LogP contribution in [0.15, 0.2) is 42.5 Å². The maximum atomic E-state index is 10.8. The van der Waals surface area contributed by atoms with Crippen molar-refractivity contribution in [2.24, 2.45) is 0 Å². The largest absolute Gasteiger partial charge is 0.505 e. The van der Waals surface area contributed by atoms with E-state index < -0.39 is 0 Å². The van der Waals surface area contributed by atoms with E-state index in [0.717, 1.165) is 46.1 Å². The molecule has 130 valence electrons. The van der Waals surface area contributed by atoms with Crippen LogP contribution in [0.4, 0.5) is 0 Å². The summed E-state index contributed by atoms with van der Waals surface area (Å²) in [6.07, 6.45) is 1.82. The maximum Gasteiger partial charge on any atom is 0.146 e. The fourth-order valence-corrected chi connectivity index (χ4v) is 2.93. The fourth-order valence-electron chi connectivity index (χ4n) is 2.93. The van der Waals surface area contributed by atoms with Crippen LogP contribution in [0.25, 0.3) is 16.7 Å². The molecule has 4 heteroatoms. The Labute approximate surface area is 148 Å². The number of fused-ring (bicyclic) bond motifs is 1. The van der Waals surface area contributed by atoms with Crippen LogP contribution in [0.3, 0.4) is 0 Å². The number of nitrogens with zero attached hydrogens (tertiary/aromatic N) is 3. The lowest BCUT2D eigenvalue weighted by Gasteiger charge is -2.15. The molecule has 2 aromatic carbocycles. The van der Waals surface area contributed by atoms with E-state index in [2.05, 4.69) is 36.7 Å². The molecule has 0 aliphatic carbocycles. The first-order chi connectivity index (χ1) is 11.8. The Morgan fingerprint density at radius 2 is 1.88 bits per heavy atom. The minimum Gasteiger partial charge on any atom is -0.505 e. The highest BCUT2D eigenvalue weighted by molar-refractivity contribution is 5.75. The summed E-state index contributed by atoms with van der Waals surface area (Å²) in [5.74, 6) is 0.474. The molecule has 0 unspecified atom stereocenters. The number of benzene rings is 2. The Kier molecular flexibility index (Phi) is 4.62. The normalized spacial score (nSPS) is 11.4. The van der Waals surface area contributed by atoms with E-state index in [0.29, 0.717) is 5.69 Å². The average molecular weight is 335 g/mol. The average Bonchev–Trinajstić information content (AvgIpc) is 2.96. The molecule has 0 aliphatic rings. The van der Waals surface area contributed by atoms with Crippen LogP contribution in [0, 0.1) is 6.92 Å². The molecule has 3 rings (SSSR count). The topological polar surface area (TPSA) is 50.9 Å². The van der Waals surface area contributed by atoms with Crippen LogP contribution < -0.4 is 0 Å². The standard InChI is InChI=1S/C21H25N3O/c1-13(2)6-8-16-11-17(14(3)4)21(25)20(12-16)24-22-18-9-7-15(5)10-19(18)23-24/h7,9-12,14,25H,1,6,8H2,2-5H3. The molecule has 1 aromatic heterocycles. The smallest absolute Gasteiger partial charge is 0.146 e. The SMILES string of the molecule is C=C(C)CCc1cc(C(C)C)c(O)c(-n2nc3ccc(C)cc3n2)c1. The monoisotopic (exact) mass is 335 g/mol. The van der Waals surface area contributed by atoms with Crippen LogP contribution in [-0.2, 0) is 6.42 Å². The van der Waals surface area contributed by atoms with E-state index in [4.69, 9.17) is 0 Å². The molecule has 0 saturated heterocycles. The number of aromatic hydroxyl groups is 1. The van der Waals surface area contributed by atoms with E-state index in [-0.39, 0.29) is 11.7 Å². The van der Waals surface area contributed by atoms with Gasteiger partial charge >= 0.3 is 0 Å². The fraction of sp³-hybridized carbons (Fsp3) is 0.333. The number of rotatable bonds is 5. The lowest BCUT2D eigenvalue weighted by atomic mass is 9.96. The van der Waals surface area contributed by atoms with Crippen LogP contribution in [-0.4, -0.2) is 20.1 Å². The van der Waals surface area contributed by atoms with Crippen LogP contribution in [0.5, 0.6) is 5.75 Å². The van der Waals surface area contributed by atoms with Crippen molar-refractivity contribution in [1.82, 2.24) is 15.0 Å². The molecule has 4 nitrogen and oxygen atoms in total. The summed E-state index contributed by atoms with van der Waals surface area (Å²) < 4.78 is 0. The van der Waals surface area contributed by atoms with Crippen molar-refractivity contribution in [2.45, 2.75) is 46.5 Å². The minimum atomic E-state index is 0.218. The van der Waals surface area contributed by atoms with Crippen molar-refractivity contribution in [3.05, 3.63) is 59.2 Å². The second-order valence-electron chi connectivity index (χ2n) is 7.15. The Hall–Kier alpha value is -2.62. The number of allylic oxidation sites excluding steroid dienone is 1. The molecule has 0 aliphatic heterocycles. The quantitative estimate of drug-likeness (QED) is 0.663. The number of hydrogen-bond acceptors (Lipinski definition) is 3. The Morgan fingerprint density at radius 3 is 2.56 bits per heavy atom. The zero-order chi connectivity index (χ0) is 18.1. The van der Waals surface area contributed by atoms with Crippen molar-refractivity contribution in [2.75, 3.05) is 0 Å². The van der Waals surface area contributed by atoms with Crippen molar-refractivity contribution >= 4 is 11.0 Å². The lowest BCUT2D eigenvalue weighted by molar-refractivity contribution is 0.457. The van der Waals surface area contributed by atoms with Gasteiger partial charge in [-0.3, -0.25) is 0 Å². The molecule has 1 heterocycles. The molecule has 0 fully saturated rings. The number of phenols is 1. The number of aryl methyl sites for hydroxylation is 2.